The van der Waals surface area contributed by atoms with E-state index in [0.717, 1.165) is 0 Å². The minimum atomic E-state index is -1.08. The summed E-state index contributed by atoms with van der Waals surface area (Å²) in [6, 6.07) is 10.2. The molecule has 2 aromatic carbocycles. The van der Waals surface area contributed by atoms with Crippen LogP contribution in [0.2, 0.25) is 5.02 Å². The fourth-order valence-electron chi connectivity index (χ4n) is 1.86. The number of azo groups is 1. The standard InChI is InChI=1S/C17H13ClN4O4/c1-26-15-7-4-11(18)8-13(15)21-22-14(9-19)16(23)20-12-5-2-10(3-6-12)17(24)25/h2-8,19H,1H3,(H,20,23)(H,24,25). The molecule has 0 spiro atoms. The molecule has 132 valence electrons. The molecule has 0 bridgehead atoms. The Morgan fingerprint density at radius 1 is 1.23 bits per heavy atom. The van der Waals surface area contributed by atoms with Crippen LogP contribution in [0.5, 0.6) is 5.75 Å². The Balaban J connectivity index is 2.15. The Morgan fingerprint density at radius 2 is 1.92 bits per heavy atom. The van der Waals surface area contributed by atoms with E-state index >= 15 is 0 Å². The van der Waals surface area contributed by atoms with Crippen LogP contribution in [0.25, 0.3) is 0 Å². The number of rotatable bonds is 6. The first kappa shape index (κ1) is 18.9. The molecule has 9 heteroatoms. The summed E-state index contributed by atoms with van der Waals surface area (Å²) in [5, 5.41) is 26.5. The Hall–Kier alpha value is -3.48. The molecule has 3 N–H and O–H groups in total. The van der Waals surface area contributed by atoms with Crippen LogP contribution in [-0.2, 0) is 4.79 Å². The first-order valence-corrected chi connectivity index (χ1v) is 7.52. The number of hydrogen-bond acceptors (Lipinski definition) is 6. The lowest BCUT2D eigenvalue weighted by Crippen LogP contribution is -2.13. The number of ether oxygens (including phenoxy) is 1. The highest BCUT2D eigenvalue weighted by atomic mass is 35.5. The van der Waals surface area contributed by atoms with Gasteiger partial charge in [-0.05, 0) is 42.5 Å². The van der Waals surface area contributed by atoms with E-state index in [9.17, 15) is 9.59 Å². The van der Waals surface area contributed by atoms with Crippen LogP contribution in [0.4, 0.5) is 11.4 Å². The SMILES string of the molecule is COc1ccc(Cl)cc1N=NC(=C=N)C(=O)Nc1ccc(C(=O)O)cc1. The molecular weight excluding hydrogens is 360 g/mol. The fourth-order valence-corrected chi connectivity index (χ4v) is 2.03. The average molecular weight is 373 g/mol. The van der Waals surface area contributed by atoms with Crippen molar-refractivity contribution in [2.24, 2.45) is 10.2 Å². The summed E-state index contributed by atoms with van der Waals surface area (Å²) in [7, 11) is 1.45. The second-order valence-corrected chi connectivity index (χ2v) is 5.26. The zero-order valence-corrected chi connectivity index (χ0v) is 14.2. The highest BCUT2D eigenvalue weighted by Crippen LogP contribution is 2.30. The predicted molar refractivity (Wildman–Crippen MR) is 95.8 cm³/mol. The number of amides is 1. The Morgan fingerprint density at radius 3 is 2.50 bits per heavy atom. The molecule has 0 aliphatic carbocycles. The van der Waals surface area contributed by atoms with Crippen LogP contribution >= 0.6 is 11.6 Å². The first-order valence-electron chi connectivity index (χ1n) is 7.14. The van der Waals surface area contributed by atoms with E-state index in [0.29, 0.717) is 16.5 Å². The third-order valence-electron chi connectivity index (χ3n) is 3.12. The molecule has 0 aromatic heterocycles. The summed E-state index contributed by atoms with van der Waals surface area (Å²) in [4.78, 5) is 23.0. The average Bonchev–Trinajstić information content (AvgIpc) is 2.63. The summed E-state index contributed by atoms with van der Waals surface area (Å²) in [6.07, 6.45) is 0. The molecule has 2 rings (SSSR count). The molecule has 0 aliphatic heterocycles. The molecule has 26 heavy (non-hydrogen) atoms. The number of halogens is 1. The number of carboxylic acid groups (broad SMARTS) is 1. The van der Waals surface area contributed by atoms with E-state index in [1.165, 1.54) is 37.4 Å². The highest BCUT2D eigenvalue weighted by Gasteiger charge is 2.11. The molecule has 1 amide bonds. The zero-order valence-electron chi connectivity index (χ0n) is 13.5. The van der Waals surface area contributed by atoms with Gasteiger partial charge in [-0.2, -0.15) is 0 Å². The van der Waals surface area contributed by atoms with Gasteiger partial charge in [-0.3, -0.25) is 10.2 Å². The molecular formula is C17H13ClN4O4. The Kier molecular flexibility index (Phi) is 6.21. The molecule has 0 heterocycles. The Bertz CT molecular complexity index is 919. The van der Waals surface area contributed by atoms with E-state index in [2.05, 4.69) is 15.5 Å². The van der Waals surface area contributed by atoms with Gasteiger partial charge in [-0.1, -0.05) is 11.6 Å². The maximum absolute atomic E-state index is 12.1. The van der Waals surface area contributed by atoms with Crippen molar-refractivity contribution < 1.29 is 19.4 Å². The third kappa shape index (κ3) is 4.76. The second kappa shape index (κ2) is 8.57. The number of carboxylic acids is 1. The summed E-state index contributed by atoms with van der Waals surface area (Å²) in [5.74, 6) is 0.490. The second-order valence-electron chi connectivity index (χ2n) is 4.83. The lowest BCUT2D eigenvalue weighted by molar-refractivity contribution is -0.112. The molecule has 0 saturated carbocycles. The summed E-state index contributed by atoms with van der Waals surface area (Å²) in [5.41, 5.74) is 0.322. The number of carbonyl (C=O) groups is 2. The van der Waals surface area contributed by atoms with Gasteiger partial charge in [-0.25, -0.2) is 4.79 Å². The molecule has 0 atom stereocenters. The first-order chi connectivity index (χ1) is 12.4. The number of nitrogens with zero attached hydrogens (tertiary/aromatic N) is 2. The van der Waals surface area contributed by atoms with E-state index in [1.54, 1.807) is 12.1 Å². The summed E-state index contributed by atoms with van der Waals surface area (Å²) in [6.45, 7) is 0. The normalized spacial score (nSPS) is 10.2. The summed E-state index contributed by atoms with van der Waals surface area (Å²) >= 11 is 5.89. The topological polar surface area (TPSA) is 124 Å². The number of hydrogen-bond donors (Lipinski definition) is 3. The molecule has 0 fully saturated rings. The third-order valence-corrected chi connectivity index (χ3v) is 3.36. The van der Waals surface area contributed by atoms with Crippen molar-refractivity contribution in [1.29, 1.82) is 5.41 Å². The van der Waals surface area contributed by atoms with Crippen LogP contribution in [0, 0.1) is 5.41 Å². The van der Waals surface area contributed by atoms with Gasteiger partial charge >= 0.3 is 5.97 Å². The fraction of sp³-hybridized carbons (Fsp3) is 0.0588. The monoisotopic (exact) mass is 372 g/mol. The van der Waals surface area contributed by atoms with Crippen molar-refractivity contribution in [1.82, 2.24) is 0 Å². The van der Waals surface area contributed by atoms with Gasteiger partial charge in [0.2, 0.25) is 5.70 Å². The van der Waals surface area contributed by atoms with Crippen molar-refractivity contribution in [2.45, 2.75) is 0 Å². The van der Waals surface area contributed by atoms with Crippen molar-refractivity contribution in [3.05, 3.63) is 58.7 Å². The smallest absolute Gasteiger partial charge is 0.335 e. The molecule has 0 aliphatic rings. The van der Waals surface area contributed by atoms with Crippen LogP contribution in [0.3, 0.4) is 0 Å². The quantitative estimate of drug-likeness (QED) is 0.404. The van der Waals surface area contributed by atoms with E-state index < -0.39 is 11.9 Å². The van der Waals surface area contributed by atoms with Crippen LogP contribution < -0.4 is 10.1 Å². The largest absolute Gasteiger partial charge is 0.494 e. The van der Waals surface area contributed by atoms with Crippen LogP contribution in [0.1, 0.15) is 10.4 Å². The number of methoxy groups -OCH3 is 1. The number of carbonyl (C=O) groups excluding carboxylic acids is 1. The van der Waals surface area contributed by atoms with E-state index in [4.69, 9.17) is 26.9 Å². The van der Waals surface area contributed by atoms with Gasteiger partial charge in [0, 0.05) is 16.6 Å². The number of benzene rings is 2. The number of nitrogens with one attached hydrogen (secondary N) is 2. The van der Waals surface area contributed by atoms with Gasteiger partial charge < -0.3 is 15.2 Å². The van der Waals surface area contributed by atoms with Crippen molar-refractivity contribution in [2.75, 3.05) is 12.4 Å². The van der Waals surface area contributed by atoms with Crippen molar-refractivity contribution in [3.63, 3.8) is 0 Å². The summed E-state index contributed by atoms with van der Waals surface area (Å²) < 4.78 is 5.12. The van der Waals surface area contributed by atoms with Crippen molar-refractivity contribution >= 4 is 40.7 Å². The van der Waals surface area contributed by atoms with Gasteiger partial charge in [0.15, 0.2) is 0 Å². The molecule has 0 unspecified atom stereocenters. The molecule has 8 nitrogen and oxygen atoms in total. The van der Waals surface area contributed by atoms with Crippen LogP contribution in [-0.4, -0.2) is 30.0 Å². The maximum Gasteiger partial charge on any atom is 0.335 e. The zero-order chi connectivity index (χ0) is 19.1. The maximum atomic E-state index is 12.1. The van der Waals surface area contributed by atoms with E-state index in [-0.39, 0.29) is 16.9 Å². The van der Waals surface area contributed by atoms with Crippen molar-refractivity contribution in [3.8, 4) is 5.75 Å². The van der Waals surface area contributed by atoms with Gasteiger partial charge in [0.05, 0.1) is 12.7 Å². The molecule has 0 saturated heterocycles. The number of aromatic carboxylic acids is 1. The predicted octanol–water partition coefficient (Wildman–Crippen LogP) is 3.90. The number of anilines is 1. The lowest BCUT2D eigenvalue weighted by Gasteiger charge is -2.05. The van der Waals surface area contributed by atoms with Gasteiger partial charge in [-0.15, -0.1) is 10.2 Å². The molecule has 0 radical (unpaired) electrons. The van der Waals surface area contributed by atoms with Crippen LogP contribution in [0.15, 0.2) is 58.4 Å². The lowest BCUT2D eigenvalue weighted by atomic mass is 10.2. The van der Waals surface area contributed by atoms with Gasteiger partial charge in [0.25, 0.3) is 5.91 Å². The molecule has 2 aromatic rings. The van der Waals surface area contributed by atoms with E-state index in [1.807, 2.05) is 5.87 Å². The minimum absolute atomic E-state index is 0.0820. The highest BCUT2D eigenvalue weighted by molar-refractivity contribution is 6.30. The van der Waals surface area contributed by atoms with Gasteiger partial charge in [0.1, 0.15) is 11.4 Å². The Labute approximate surface area is 153 Å². The minimum Gasteiger partial charge on any atom is -0.494 e.